The molecule has 0 saturated carbocycles. The summed E-state index contributed by atoms with van der Waals surface area (Å²) in [5, 5.41) is 7.26. The van der Waals surface area contributed by atoms with E-state index in [-0.39, 0.29) is 11.9 Å². The lowest BCUT2D eigenvalue weighted by atomic mass is 10.1. The van der Waals surface area contributed by atoms with Crippen LogP contribution in [-0.2, 0) is 11.3 Å². The van der Waals surface area contributed by atoms with Crippen LogP contribution in [-0.4, -0.2) is 36.1 Å². The summed E-state index contributed by atoms with van der Waals surface area (Å²) in [4.78, 5) is 19.7. The predicted octanol–water partition coefficient (Wildman–Crippen LogP) is 1.36. The van der Waals surface area contributed by atoms with Crippen LogP contribution < -0.4 is 15.5 Å². The first-order valence-corrected chi connectivity index (χ1v) is 7.66. The fourth-order valence-corrected chi connectivity index (χ4v) is 3.10. The lowest BCUT2D eigenvalue weighted by Crippen LogP contribution is -2.55. The average Bonchev–Trinajstić information content (AvgIpc) is 2.84. The fourth-order valence-electron chi connectivity index (χ4n) is 2.17. The number of piperazine rings is 1. The molecule has 106 valence electrons. The molecule has 1 fully saturated rings. The highest BCUT2D eigenvalue weighted by Gasteiger charge is 2.29. The summed E-state index contributed by atoms with van der Waals surface area (Å²) in [7, 11) is 0. The minimum absolute atomic E-state index is 0.0780. The second-order valence-corrected chi connectivity index (χ2v) is 6.15. The lowest BCUT2D eigenvalue weighted by molar-refractivity contribution is -0.123. The van der Waals surface area contributed by atoms with E-state index in [0.717, 1.165) is 24.6 Å². The molecule has 19 heavy (non-hydrogen) atoms. The number of nitrogens with one attached hydrogen (secondary N) is 2. The van der Waals surface area contributed by atoms with Gasteiger partial charge in [-0.3, -0.25) is 4.79 Å². The van der Waals surface area contributed by atoms with Gasteiger partial charge in [0.05, 0.1) is 0 Å². The molecule has 1 amide bonds. The van der Waals surface area contributed by atoms with Crippen LogP contribution in [0.2, 0.25) is 0 Å². The van der Waals surface area contributed by atoms with Gasteiger partial charge in [0.2, 0.25) is 5.91 Å². The Morgan fingerprint density at radius 1 is 1.63 bits per heavy atom. The molecule has 1 saturated heterocycles. The van der Waals surface area contributed by atoms with Crippen molar-refractivity contribution in [3.05, 3.63) is 11.1 Å². The fraction of sp³-hybridized carbons (Fsp3) is 0.692. The normalized spacial score (nSPS) is 19.9. The number of hydrogen-bond donors (Lipinski definition) is 2. The van der Waals surface area contributed by atoms with Crippen molar-refractivity contribution in [2.24, 2.45) is 0 Å². The van der Waals surface area contributed by atoms with Crippen molar-refractivity contribution in [3.63, 3.8) is 0 Å². The van der Waals surface area contributed by atoms with E-state index in [4.69, 9.17) is 0 Å². The monoisotopic (exact) mass is 282 g/mol. The van der Waals surface area contributed by atoms with Crippen molar-refractivity contribution in [1.82, 2.24) is 15.6 Å². The molecule has 1 atom stereocenters. The summed E-state index contributed by atoms with van der Waals surface area (Å²) in [6.07, 6.45) is 2.72. The summed E-state index contributed by atoms with van der Waals surface area (Å²) < 4.78 is 0. The van der Waals surface area contributed by atoms with E-state index in [1.54, 1.807) is 11.3 Å². The van der Waals surface area contributed by atoms with E-state index in [1.807, 2.05) is 13.1 Å². The highest BCUT2D eigenvalue weighted by Crippen LogP contribution is 2.26. The number of nitrogens with zero attached hydrogens (tertiary/aromatic N) is 2. The predicted molar refractivity (Wildman–Crippen MR) is 78.5 cm³/mol. The first kappa shape index (κ1) is 14.3. The van der Waals surface area contributed by atoms with Crippen molar-refractivity contribution in [1.29, 1.82) is 0 Å². The van der Waals surface area contributed by atoms with E-state index in [2.05, 4.69) is 34.4 Å². The van der Waals surface area contributed by atoms with Gasteiger partial charge in [0, 0.05) is 36.8 Å². The molecule has 5 nitrogen and oxygen atoms in total. The zero-order valence-corrected chi connectivity index (χ0v) is 12.6. The Balaban J connectivity index is 2.06. The molecule has 0 spiro atoms. The third kappa shape index (κ3) is 3.45. The zero-order valence-electron chi connectivity index (χ0n) is 11.8. The number of carbonyl (C=O) groups excluding carboxylic acids is 1. The molecule has 0 radical (unpaired) electrons. The summed E-state index contributed by atoms with van der Waals surface area (Å²) in [6, 6.07) is 0.389. The van der Waals surface area contributed by atoms with Crippen LogP contribution in [0.3, 0.4) is 0 Å². The molecule has 1 unspecified atom stereocenters. The van der Waals surface area contributed by atoms with Crippen LogP contribution >= 0.6 is 11.3 Å². The molecule has 2 rings (SSSR count). The van der Waals surface area contributed by atoms with E-state index in [1.165, 1.54) is 4.88 Å². The van der Waals surface area contributed by atoms with Crippen molar-refractivity contribution < 1.29 is 4.79 Å². The van der Waals surface area contributed by atoms with Crippen LogP contribution in [0.25, 0.3) is 0 Å². The maximum atomic E-state index is 11.8. The van der Waals surface area contributed by atoms with Crippen molar-refractivity contribution in [2.45, 2.75) is 45.8 Å². The summed E-state index contributed by atoms with van der Waals surface area (Å²) in [6.45, 7) is 8.68. The molecule has 0 aromatic carbocycles. The molecule has 6 heteroatoms. The molecule has 2 N–H and O–H groups in total. The molecule has 1 aromatic rings. The van der Waals surface area contributed by atoms with Gasteiger partial charge >= 0.3 is 0 Å². The highest BCUT2D eigenvalue weighted by atomic mass is 32.1. The largest absolute Gasteiger partial charge is 0.353 e. The third-order valence-corrected chi connectivity index (χ3v) is 4.22. The van der Waals surface area contributed by atoms with Crippen molar-refractivity contribution >= 4 is 22.4 Å². The molecular weight excluding hydrogens is 260 g/mol. The van der Waals surface area contributed by atoms with E-state index in [0.29, 0.717) is 12.6 Å². The molecular formula is C13H22N4OS. The first-order valence-electron chi connectivity index (χ1n) is 6.84. The highest BCUT2D eigenvalue weighted by molar-refractivity contribution is 7.15. The number of anilines is 1. The number of amides is 1. The lowest BCUT2D eigenvalue weighted by Gasteiger charge is -2.34. The second kappa shape index (κ2) is 6.34. The van der Waals surface area contributed by atoms with Crippen LogP contribution in [0.15, 0.2) is 6.20 Å². The Morgan fingerprint density at radius 2 is 2.42 bits per heavy atom. The second-order valence-electron chi connectivity index (χ2n) is 5.05. The zero-order chi connectivity index (χ0) is 13.8. The quantitative estimate of drug-likeness (QED) is 0.856. The van der Waals surface area contributed by atoms with Crippen LogP contribution in [0, 0.1) is 0 Å². The van der Waals surface area contributed by atoms with Gasteiger partial charge in [0.1, 0.15) is 6.04 Å². The topological polar surface area (TPSA) is 57.3 Å². The number of carbonyl (C=O) groups is 1. The van der Waals surface area contributed by atoms with E-state index < -0.39 is 0 Å². The number of rotatable bonds is 5. The minimum Gasteiger partial charge on any atom is -0.353 e. The van der Waals surface area contributed by atoms with Gasteiger partial charge in [-0.05, 0) is 6.42 Å². The van der Waals surface area contributed by atoms with Crippen molar-refractivity contribution in [2.75, 3.05) is 18.0 Å². The van der Waals surface area contributed by atoms with Gasteiger partial charge in [-0.1, -0.05) is 20.8 Å². The van der Waals surface area contributed by atoms with E-state index >= 15 is 0 Å². The Hall–Kier alpha value is -1.14. The average molecular weight is 282 g/mol. The molecule has 1 aliphatic heterocycles. The Morgan fingerprint density at radius 3 is 3.11 bits per heavy atom. The number of thiazole rings is 1. The Bertz CT molecular complexity index is 432. The van der Waals surface area contributed by atoms with Crippen molar-refractivity contribution in [3.8, 4) is 0 Å². The van der Waals surface area contributed by atoms with Crippen LogP contribution in [0.5, 0.6) is 0 Å². The smallest absolute Gasteiger partial charge is 0.242 e. The summed E-state index contributed by atoms with van der Waals surface area (Å²) in [5.41, 5.74) is 0. The molecule has 2 heterocycles. The van der Waals surface area contributed by atoms with Gasteiger partial charge < -0.3 is 15.5 Å². The molecule has 1 aliphatic rings. The summed E-state index contributed by atoms with van der Waals surface area (Å²) in [5.74, 6) is 0.116. The first-order chi connectivity index (χ1) is 9.11. The van der Waals surface area contributed by atoms with Crippen LogP contribution in [0.4, 0.5) is 5.13 Å². The molecule has 0 bridgehead atoms. The van der Waals surface area contributed by atoms with Gasteiger partial charge in [-0.15, -0.1) is 11.3 Å². The SMILES string of the molecule is CCC1C(=O)NCCN1c1ncc(CNC(C)C)s1. The molecule has 0 aliphatic carbocycles. The van der Waals surface area contributed by atoms with Gasteiger partial charge in [-0.25, -0.2) is 4.98 Å². The Labute approximate surface area is 118 Å². The molecule has 1 aromatic heterocycles. The van der Waals surface area contributed by atoms with Crippen LogP contribution in [0.1, 0.15) is 32.1 Å². The van der Waals surface area contributed by atoms with E-state index in [9.17, 15) is 4.79 Å². The standard InChI is InChI=1S/C13H22N4OS/c1-4-11-12(18)14-5-6-17(11)13-16-8-10(19-13)7-15-9(2)3/h8-9,11,15H,4-7H2,1-3H3,(H,14,18). The van der Waals surface area contributed by atoms with Gasteiger partial charge in [0.15, 0.2) is 5.13 Å². The van der Waals surface area contributed by atoms with Gasteiger partial charge in [0.25, 0.3) is 0 Å². The minimum atomic E-state index is -0.0780. The summed E-state index contributed by atoms with van der Waals surface area (Å²) >= 11 is 1.67. The Kier molecular flexibility index (Phi) is 4.76. The number of hydrogen-bond acceptors (Lipinski definition) is 5. The maximum absolute atomic E-state index is 11.8. The third-order valence-electron chi connectivity index (χ3n) is 3.19. The number of aromatic nitrogens is 1. The maximum Gasteiger partial charge on any atom is 0.242 e. The van der Waals surface area contributed by atoms with Gasteiger partial charge in [-0.2, -0.15) is 0 Å².